The molecule has 0 spiro atoms. The zero-order valence-electron chi connectivity index (χ0n) is 11.6. The Kier molecular flexibility index (Phi) is 2.57. The minimum atomic E-state index is 0.371. The van der Waals surface area contributed by atoms with Crippen LogP contribution in [0.2, 0.25) is 0 Å². The fourth-order valence-electron chi connectivity index (χ4n) is 3.51. The quantitative estimate of drug-likeness (QED) is 0.713. The number of nitrogens with zero attached hydrogens (tertiary/aromatic N) is 3. The fraction of sp³-hybridized carbons (Fsp3) is 0.467. The largest absolute Gasteiger partial charge is 0.346 e. The van der Waals surface area contributed by atoms with Crippen LogP contribution in [0.15, 0.2) is 18.5 Å². The van der Waals surface area contributed by atoms with Crippen LogP contribution in [0.1, 0.15) is 37.5 Å². The van der Waals surface area contributed by atoms with Crippen molar-refractivity contribution in [2.45, 2.75) is 44.7 Å². The highest BCUT2D eigenvalue weighted by Gasteiger charge is 2.24. The smallest absolute Gasteiger partial charge is 0.139 e. The number of aromatic nitrogens is 4. The van der Waals surface area contributed by atoms with Gasteiger partial charge in [-0.05, 0) is 38.7 Å². The SMILES string of the molecule is Cc1nc2cnc3[nH]ccc3c2n1[C@H]1CC[C@H](N)CC1. The van der Waals surface area contributed by atoms with Crippen LogP contribution in [0.25, 0.3) is 22.1 Å². The zero-order chi connectivity index (χ0) is 13.7. The molecule has 1 aliphatic rings. The molecular weight excluding hydrogens is 250 g/mol. The Hall–Kier alpha value is -1.88. The molecule has 3 heterocycles. The van der Waals surface area contributed by atoms with Gasteiger partial charge in [-0.2, -0.15) is 0 Å². The number of hydrogen-bond donors (Lipinski definition) is 2. The number of imidazole rings is 1. The second kappa shape index (κ2) is 4.31. The van der Waals surface area contributed by atoms with Gasteiger partial charge in [0.1, 0.15) is 17.0 Å². The van der Waals surface area contributed by atoms with E-state index in [9.17, 15) is 0 Å². The molecule has 5 heteroatoms. The summed E-state index contributed by atoms with van der Waals surface area (Å²) in [5.74, 6) is 1.08. The molecule has 0 saturated heterocycles. The van der Waals surface area contributed by atoms with E-state index in [-0.39, 0.29) is 0 Å². The summed E-state index contributed by atoms with van der Waals surface area (Å²) < 4.78 is 2.40. The lowest BCUT2D eigenvalue weighted by molar-refractivity contribution is 0.325. The molecular formula is C15H19N5. The van der Waals surface area contributed by atoms with Gasteiger partial charge >= 0.3 is 0 Å². The normalized spacial score (nSPS) is 23.7. The molecule has 5 nitrogen and oxygen atoms in total. The van der Waals surface area contributed by atoms with E-state index >= 15 is 0 Å². The first-order valence-corrected chi connectivity index (χ1v) is 7.30. The van der Waals surface area contributed by atoms with Gasteiger partial charge in [-0.15, -0.1) is 0 Å². The predicted octanol–water partition coefficient (Wildman–Crippen LogP) is 2.66. The molecule has 3 aromatic rings. The maximum absolute atomic E-state index is 6.04. The Morgan fingerprint density at radius 1 is 1.30 bits per heavy atom. The zero-order valence-corrected chi connectivity index (χ0v) is 11.6. The van der Waals surface area contributed by atoms with Gasteiger partial charge in [-0.25, -0.2) is 9.97 Å². The van der Waals surface area contributed by atoms with Gasteiger partial charge in [0.25, 0.3) is 0 Å². The van der Waals surface area contributed by atoms with Crippen molar-refractivity contribution < 1.29 is 0 Å². The summed E-state index contributed by atoms with van der Waals surface area (Å²) >= 11 is 0. The minimum absolute atomic E-state index is 0.371. The molecule has 0 unspecified atom stereocenters. The van der Waals surface area contributed by atoms with Gasteiger partial charge in [-0.3, -0.25) is 0 Å². The van der Waals surface area contributed by atoms with Gasteiger partial charge in [0, 0.05) is 23.7 Å². The van der Waals surface area contributed by atoms with E-state index in [1.807, 2.05) is 12.4 Å². The first-order chi connectivity index (χ1) is 9.74. The molecule has 0 bridgehead atoms. The van der Waals surface area contributed by atoms with Crippen LogP contribution in [-0.4, -0.2) is 25.6 Å². The van der Waals surface area contributed by atoms with Gasteiger partial charge in [0.05, 0.1) is 11.7 Å². The standard InChI is InChI=1S/C15H19N5/c1-9-19-13-8-18-15-12(6-7-17-15)14(13)20(9)11-4-2-10(16)3-5-11/h6-8,10-11H,2-5,16H2,1H3,(H,17,18)/t10-,11-. The lowest BCUT2D eigenvalue weighted by Gasteiger charge is -2.28. The Bertz CT molecular complexity index is 761. The summed E-state index contributed by atoms with van der Waals surface area (Å²) in [4.78, 5) is 12.3. The molecule has 0 aromatic carbocycles. The number of rotatable bonds is 1. The molecule has 20 heavy (non-hydrogen) atoms. The number of aryl methyl sites for hydroxylation is 1. The lowest BCUT2D eigenvalue weighted by Crippen LogP contribution is -2.28. The van der Waals surface area contributed by atoms with Crippen molar-refractivity contribution in [1.82, 2.24) is 19.5 Å². The summed E-state index contributed by atoms with van der Waals surface area (Å²) in [7, 11) is 0. The van der Waals surface area contributed by atoms with E-state index in [4.69, 9.17) is 10.7 Å². The highest BCUT2D eigenvalue weighted by Crippen LogP contribution is 2.34. The Morgan fingerprint density at radius 2 is 2.10 bits per heavy atom. The van der Waals surface area contributed by atoms with E-state index in [0.717, 1.165) is 48.1 Å². The third-order valence-electron chi connectivity index (χ3n) is 4.52. The van der Waals surface area contributed by atoms with Crippen molar-refractivity contribution in [2.75, 3.05) is 0 Å². The van der Waals surface area contributed by atoms with Crippen LogP contribution >= 0.6 is 0 Å². The summed E-state index contributed by atoms with van der Waals surface area (Å²) in [5.41, 5.74) is 9.18. The van der Waals surface area contributed by atoms with Crippen molar-refractivity contribution in [3.05, 3.63) is 24.3 Å². The molecule has 0 atom stereocenters. The van der Waals surface area contributed by atoms with Crippen molar-refractivity contribution in [3.63, 3.8) is 0 Å². The third-order valence-corrected chi connectivity index (χ3v) is 4.52. The predicted molar refractivity (Wildman–Crippen MR) is 79.6 cm³/mol. The van der Waals surface area contributed by atoms with Crippen LogP contribution in [0, 0.1) is 6.92 Å². The fourth-order valence-corrected chi connectivity index (χ4v) is 3.51. The number of H-pyrrole nitrogens is 1. The molecule has 1 saturated carbocycles. The van der Waals surface area contributed by atoms with Crippen molar-refractivity contribution >= 4 is 22.1 Å². The number of aromatic amines is 1. The van der Waals surface area contributed by atoms with E-state index in [2.05, 4.69) is 27.5 Å². The molecule has 104 valence electrons. The van der Waals surface area contributed by atoms with Crippen LogP contribution < -0.4 is 5.73 Å². The second-order valence-electron chi connectivity index (χ2n) is 5.83. The first kappa shape index (κ1) is 11.9. The second-order valence-corrected chi connectivity index (χ2v) is 5.83. The molecule has 1 fully saturated rings. The van der Waals surface area contributed by atoms with E-state index < -0.39 is 0 Å². The number of nitrogens with two attached hydrogens (primary N) is 1. The monoisotopic (exact) mass is 269 g/mol. The average Bonchev–Trinajstić information content (AvgIpc) is 3.02. The number of fused-ring (bicyclic) bond motifs is 3. The highest BCUT2D eigenvalue weighted by atomic mass is 15.1. The highest BCUT2D eigenvalue weighted by molar-refractivity contribution is 6.01. The van der Waals surface area contributed by atoms with Gasteiger partial charge in [0.2, 0.25) is 0 Å². The Morgan fingerprint density at radius 3 is 2.90 bits per heavy atom. The first-order valence-electron chi connectivity index (χ1n) is 7.30. The van der Waals surface area contributed by atoms with Crippen LogP contribution in [0.3, 0.4) is 0 Å². The minimum Gasteiger partial charge on any atom is -0.346 e. The summed E-state index contributed by atoms with van der Waals surface area (Å²) in [6.07, 6.45) is 8.30. The van der Waals surface area contributed by atoms with Gasteiger partial charge in [0.15, 0.2) is 0 Å². The molecule has 0 amide bonds. The number of pyridine rings is 1. The maximum Gasteiger partial charge on any atom is 0.139 e. The van der Waals surface area contributed by atoms with Gasteiger partial charge in [-0.1, -0.05) is 0 Å². The third kappa shape index (κ3) is 1.66. The van der Waals surface area contributed by atoms with E-state index in [1.54, 1.807) is 0 Å². The summed E-state index contributed by atoms with van der Waals surface area (Å²) in [5, 5.41) is 1.16. The van der Waals surface area contributed by atoms with Crippen molar-refractivity contribution in [1.29, 1.82) is 0 Å². The molecule has 0 aliphatic heterocycles. The molecule has 1 aliphatic carbocycles. The summed E-state index contributed by atoms with van der Waals surface area (Å²) in [6, 6.07) is 2.98. The Balaban J connectivity index is 1.93. The molecule has 4 rings (SSSR count). The van der Waals surface area contributed by atoms with E-state index in [0.29, 0.717) is 12.1 Å². The van der Waals surface area contributed by atoms with E-state index in [1.165, 1.54) is 5.52 Å². The van der Waals surface area contributed by atoms with Crippen LogP contribution in [-0.2, 0) is 0 Å². The Labute approximate surface area is 117 Å². The lowest BCUT2D eigenvalue weighted by atomic mass is 9.91. The molecule has 3 aromatic heterocycles. The summed E-state index contributed by atoms with van der Waals surface area (Å²) in [6.45, 7) is 2.09. The molecule has 3 N–H and O–H groups in total. The van der Waals surface area contributed by atoms with Crippen molar-refractivity contribution in [3.8, 4) is 0 Å². The van der Waals surface area contributed by atoms with Crippen LogP contribution in [0.5, 0.6) is 0 Å². The topological polar surface area (TPSA) is 72.5 Å². The molecule has 0 radical (unpaired) electrons. The maximum atomic E-state index is 6.04. The number of nitrogens with one attached hydrogen (secondary N) is 1. The van der Waals surface area contributed by atoms with Crippen LogP contribution in [0.4, 0.5) is 0 Å². The van der Waals surface area contributed by atoms with Crippen molar-refractivity contribution in [2.24, 2.45) is 5.73 Å². The van der Waals surface area contributed by atoms with Gasteiger partial charge < -0.3 is 15.3 Å². The number of hydrogen-bond acceptors (Lipinski definition) is 3. The average molecular weight is 269 g/mol.